The first kappa shape index (κ1) is 21.4. The third kappa shape index (κ3) is 4.71. The Kier molecular flexibility index (Phi) is 6.70. The number of nitro benzene ring substituents is 1. The van der Waals surface area contributed by atoms with Gasteiger partial charge in [0.2, 0.25) is 0 Å². The number of rotatable bonds is 6. The Bertz CT molecular complexity index is 702. The zero-order chi connectivity index (χ0) is 18.9. The highest BCUT2D eigenvalue weighted by molar-refractivity contribution is 5.96. The van der Waals surface area contributed by atoms with Gasteiger partial charge in [-0.25, -0.2) is 0 Å². The van der Waals surface area contributed by atoms with Gasteiger partial charge in [-0.1, -0.05) is 6.92 Å². The standard InChI is InChI=1S/C19H28N4O3.ClH/c1-13-7-9-22(10-8-13)16-6-3-14(11-17(16)23(25)26)18(24)21-19(2,12-20)15-4-5-15;/h3,6,11,13,15H,4-5,7-10,12,20H2,1-2H3,(H,21,24);1H. The Labute approximate surface area is 166 Å². The van der Waals surface area contributed by atoms with Crippen molar-refractivity contribution >= 4 is 29.7 Å². The van der Waals surface area contributed by atoms with Crippen molar-refractivity contribution in [2.24, 2.45) is 17.6 Å². The molecule has 0 aromatic heterocycles. The normalized spacial score (nSPS) is 19.7. The molecule has 1 saturated carbocycles. The third-order valence-electron chi connectivity index (χ3n) is 5.86. The predicted octanol–water partition coefficient (Wildman–Crippen LogP) is 3.11. The van der Waals surface area contributed by atoms with Gasteiger partial charge in [0.1, 0.15) is 5.69 Å². The van der Waals surface area contributed by atoms with Crippen LogP contribution in [0.1, 0.15) is 49.9 Å². The number of nitrogens with zero attached hydrogens (tertiary/aromatic N) is 2. The molecule has 1 aromatic rings. The summed E-state index contributed by atoms with van der Waals surface area (Å²) < 4.78 is 0. The van der Waals surface area contributed by atoms with Crippen molar-refractivity contribution in [1.29, 1.82) is 0 Å². The van der Waals surface area contributed by atoms with Crippen LogP contribution >= 0.6 is 12.4 Å². The lowest BCUT2D eigenvalue weighted by Gasteiger charge is -2.32. The van der Waals surface area contributed by atoms with Crippen molar-refractivity contribution in [2.45, 2.75) is 45.1 Å². The highest BCUT2D eigenvalue weighted by Gasteiger charge is 2.41. The average molecular weight is 397 g/mol. The van der Waals surface area contributed by atoms with Gasteiger partial charge in [0, 0.05) is 31.3 Å². The molecule has 1 aliphatic heterocycles. The molecule has 1 unspecified atom stereocenters. The quantitative estimate of drug-likeness (QED) is 0.568. The SMILES string of the molecule is CC1CCN(c2ccc(C(=O)NC(C)(CN)C3CC3)cc2[N+](=O)[O-])CC1.Cl. The van der Waals surface area contributed by atoms with E-state index in [-0.39, 0.29) is 24.0 Å². The first-order chi connectivity index (χ1) is 12.3. The lowest BCUT2D eigenvalue weighted by molar-refractivity contribution is -0.384. The molecule has 0 spiro atoms. The Balaban J connectivity index is 0.00000261. The van der Waals surface area contributed by atoms with Crippen molar-refractivity contribution in [2.75, 3.05) is 24.5 Å². The molecular weight excluding hydrogens is 368 g/mol. The van der Waals surface area contributed by atoms with Crippen molar-refractivity contribution < 1.29 is 9.72 Å². The smallest absolute Gasteiger partial charge is 0.293 e. The van der Waals surface area contributed by atoms with Gasteiger partial charge in [0.15, 0.2) is 0 Å². The van der Waals surface area contributed by atoms with Crippen molar-refractivity contribution in [3.63, 3.8) is 0 Å². The molecule has 27 heavy (non-hydrogen) atoms. The Morgan fingerprint density at radius 1 is 1.33 bits per heavy atom. The monoisotopic (exact) mass is 396 g/mol. The summed E-state index contributed by atoms with van der Waals surface area (Å²) in [4.78, 5) is 25.9. The number of carbonyl (C=O) groups is 1. The predicted molar refractivity (Wildman–Crippen MR) is 109 cm³/mol. The minimum Gasteiger partial charge on any atom is -0.366 e. The number of nitrogens with one attached hydrogen (secondary N) is 1. The topological polar surface area (TPSA) is 102 Å². The van der Waals surface area contributed by atoms with Gasteiger partial charge < -0.3 is 16.0 Å². The Morgan fingerprint density at radius 3 is 2.48 bits per heavy atom. The van der Waals surface area contributed by atoms with Gasteiger partial charge in [-0.15, -0.1) is 12.4 Å². The molecule has 2 aliphatic rings. The molecule has 0 bridgehead atoms. The molecule has 1 aliphatic carbocycles. The zero-order valence-corrected chi connectivity index (χ0v) is 16.8. The van der Waals surface area contributed by atoms with Crippen LogP contribution in [0.5, 0.6) is 0 Å². The van der Waals surface area contributed by atoms with Gasteiger partial charge in [-0.05, 0) is 56.6 Å². The molecule has 1 aromatic carbocycles. The van der Waals surface area contributed by atoms with E-state index in [0.29, 0.717) is 29.6 Å². The molecular formula is C19H29ClN4O3. The average Bonchev–Trinajstić information content (AvgIpc) is 3.47. The van der Waals surface area contributed by atoms with E-state index in [1.165, 1.54) is 6.07 Å². The fraction of sp³-hybridized carbons (Fsp3) is 0.632. The van der Waals surface area contributed by atoms with E-state index in [1.54, 1.807) is 12.1 Å². The summed E-state index contributed by atoms with van der Waals surface area (Å²) in [5.41, 5.74) is 6.31. The van der Waals surface area contributed by atoms with Crippen molar-refractivity contribution in [1.82, 2.24) is 5.32 Å². The van der Waals surface area contributed by atoms with Gasteiger partial charge in [0.05, 0.1) is 10.5 Å². The first-order valence-electron chi connectivity index (χ1n) is 9.40. The lowest BCUT2D eigenvalue weighted by atomic mass is 9.95. The van der Waals surface area contributed by atoms with E-state index in [4.69, 9.17) is 5.73 Å². The summed E-state index contributed by atoms with van der Waals surface area (Å²) >= 11 is 0. The van der Waals surface area contributed by atoms with Crippen LogP contribution in [0, 0.1) is 22.0 Å². The maximum absolute atomic E-state index is 12.7. The summed E-state index contributed by atoms with van der Waals surface area (Å²) in [7, 11) is 0. The number of piperidine rings is 1. The van der Waals surface area contributed by atoms with E-state index in [1.807, 2.05) is 11.8 Å². The van der Waals surface area contributed by atoms with Crippen LogP contribution in [0.4, 0.5) is 11.4 Å². The first-order valence-corrected chi connectivity index (χ1v) is 9.40. The number of nitro groups is 1. The maximum Gasteiger partial charge on any atom is 0.293 e. The van der Waals surface area contributed by atoms with Crippen LogP contribution in [0.3, 0.4) is 0 Å². The van der Waals surface area contributed by atoms with E-state index in [0.717, 1.165) is 38.8 Å². The van der Waals surface area contributed by atoms with Crippen LogP contribution in [0.2, 0.25) is 0 Å². The third-order valence-corrected chi connectivity index (χ3v) is 5.86. The highest BCUT2D eigenvalue weighted by Crippen LogP contribution is 2.39. The van der Waals surface area contributed by atoms with Gasteiger partial charge in [-0.2, -0.15) is 0 Å². The second kappa shape index (κ2) is 8.44. The van der Waals surface area contributed by atoms with E-state index < -0.39 is 10.5 Å². The number of nitrogens with two attached hydrogens (primary N) is 1. The molecule has 150 valence electrons. The van der Waals surface area contributed by atoms with Crippen LogP contribution in [-0.4, -0.2) is 36.0 Å². The Hall–Kier alpha value is -1.86. The van der Waals surface area contributed by atoms with Gasteiger partial charge in [0.25, 0.3) is 11.6 Å². The zero-order valence-electron chi connectivity index (χ0n) is 15.9. The Morgan fingerprint density at radius 2 is 1.96 bits per heavy atom. The minimum atomic E-state index is -0.451. The van der Waals surface area contributed by atoms with Gasteiger partial charge >= 0.3 is 0 Å². The number of carbonyl (C=O) groups excluding carboxylic acids is 1. The second-order valence-corrected chi connectivity index (χ2v) is 7.98. The van der Waals surface area contributed by atoms with E-state index in [9.17, 15) is 14.9 Å². The number of benzene rings is 1. The fourth-order valence-electron chi connectivity index (χ4n) is 3.70. The molecule has 1 amide bonds. The van der Waals surface area contributed by atoms with E-state index in [2.05, 4.69) is 12.2 Å². The van der Waals surface area contributed by atoms with Crippen LogP contribution in [0.15, 0.2) is 18.2 Å². The molecule has 1 saturated heterocycles. The summed E-state index contributed by atoms with van der Waals surface area (Å²) in [6.07, 6.45) is 4.16. The molecule has 0 radical (unpaired) electrons. The number of halogens is 1. The largest absolute Gasteiger partial charge is 0.366 e. The molecule has 1 heterocycles. The molecule has 2 fully saturated rings. The van der Waals surface area contributed by atoms with E-state index >= 15 is 0 Å². The summed E-state index contributed by atoms with van der Waals surface area (Å²) in [6.45, 7) is 6.12. The van der Waals surface area contributed by atoms with Crippen molar-refractivity contribution in [3.8, 4) is 0 Å². The summed E-state index contributed by atoms with van der Waals surface area (Å²) in [5.74, 6) is 0.736. The number of amides is 1. The van der Waals surface area contributed by atoms with Crippen LogP contribution in [0.25, 0.3) is 0 Å². The fourth-order valence-corrected chi connectivity index (χ4v) is 3.70. The summed E-state index contributed by atoms with van der Waals surface area (Å²) in [6, 6.07) is 4.78. The van der Waals surface area contributed by atoms with Gasteiger partial charge in [-0.3, -0.25) is 14.9 Å². The molecule has 8 heteroatoms. The second-order valence-electron chi connectivity index (χ2n) is 7.98. The molecule has 1 atom stereocenters. The molecule has 7 nitrogen and oxygen atoms in total. The minimum absolute atomic E-state index is 0. The number of anilines is 1. The number of hydrogen-bond donors (Lipinski definition) is 2. The van der Waals surface area contributed by atoms with Crippen LogP contribution in [-0.2, 0) is 0 Å². The van der Waals surface area contributed by atoms with Crippen molar-refractivity contribution in [3.05, 3.63) is 33.9 Å². The summed E-state index contributed by atoms with van der Waals surface area (Å²) in [5, 5.41) is 14.6. The lowest BCUT2D eigenvalue weighted by Crippen LogP contribution is -2.53. The highest BCUT2D eigenvalue weighted by atomic mass is 35.5. The maximum atomic E-state index is 12.7. The van der Waals surface area contributed by atoms with Crippen LogP contribution < -0.4 is 16.0 Å². The number of hydrogen-bond acceptors (Lipinski definition) is 5. The molecule has 3 N–H and O–H groups in total. The molecule has 3 rings (SSSR count).